The van der Waals surface area contributed by atoms with Crippen LogP contribution in [0, 0.1) is 0 Å². The lowest BCUT2D eigenvalue weighted by Gasteiger charge is -2.18. The summed E-state index contributed by atoms with van der Waals surface area (Å²) in [5.41, 5.74) is 0. The molecule has 1 aliphatic heterocycles. The van der Waals surface area contributed by atoms with Crippen molar-refractivity contribution in [2.45, 2.75) is 25.0 Å². The maximum atomic E-state index is 11.4. The highest BCUT2D eigenvalue weighted by Crippen LogP contribution is 2.15. The van der Waals surface area contributed by atoms with Crippen LogP contribution in [0.1, 0.15) is 12.8 Å². The van der Waals surface area contributed by atoms with Crippen LogP contribution in [0.5, 0.6) is 0 Å². The minimum Gasteiger partial charge on any atom is -0.456 e. The highest BCUT2D eigenvalue weighted by atomic mass is 16.6. The van der Waals surface area contributed by atoms with E-state index >= 15 is 0 Å². The quantitative estimate of drug-likeness (QED) is 0.573. The van der Waals surface area contributed by atoms with E-state index in [1.165, 1.54) is 14.2 Å². The van der Waals surface area contributed by atoms with Crippen LogP contribution >= 0.6 is 0 Å². The van der Waals surface area contributed by atoms with Crippen molar-refractivity contribution in [3.05, 3.63) is 0 Å². The highest BCUT2D eigenvalue weighted by Gasteiger charge is 2.34. The van der Waals surface area contributed by atoms with Gasteiger partial charge in [-0.15, -0.1) is 0 Å². The van der Waals surface area contributed by atoms with E-state index in [0.717, 1.165) is 0 Å². The number of methoxy groups -OCH3 is 2. The minimum absolute atomic E-state index is 0.164. The predicted molar refractivity (Wildman–Crippen MR) is 63.6 cm³/mol. The molecular formula is C12H20O7. The van der Waals surface area contributed by atoms with Gasteiger partial charge in [0.05, 0.1) is 39.3 Å². The molecule has 2 atom stereocenters. The summed E-state index contributed by atoms with van der Waals surface area (Å²) < 4.78 is 25.1. The largest absolute Gasteiger partial charge is 0.456 e. The molecule has 0 aromatic rings. The maximum absolute atomic E-state index is 11.4. The maximum Gasteiger partial charge on any atom is 0.308 e. The second kappa shape index (κ2) is 8.84. The molecule has 7 nitrogen and oxygen atoms in total. The van der Waals surface area contributed by atoms with E-state index < -0.39 is 24.1 Å². The summed E-state index contributed by atoms with van der Waals surface area (Å²) in [7, 11) is 3.01. The van der Waals surface area contributed by atoms with Crippen LogP contribution in [0.25, 0.3) is 0 Å². The Labute approximate surface area is 112 Å². The standard InChI is InChI=1S/C12H20O7/c1-15-5-3-11(13)18-9-7-17-8-10(9)19-12(14)4-6-16-2/h9-10H,3-8H2,1-2H3. The summed E-state index contributed by atoms with van der Waals surface area (Å²) in [6.45, 7) is 1.07. The molecule has 0 bridgehead atoms. The summed E-state index contributed by atoms with van der Waals surface area (Å²) in [6.07, 6.45) is -0.763. The van der Waals surface area contributed by atoms with Crippen molar-refractivity contribution in [2.75, 3.05) is 40.6 Å². The third-order valence-corrected chi connectivity index (χ3v) is 2.57. The molecule has 1 saturated heterocycles. The number of carbonyl (C=O) groups excluding carboxylic acids is 2. The lowest BCUT2D eigenvalue weighted by atomic mass is 10.2. The Morgan fingerprint density at radius 2 is 1.37 bits per heavy atom. The van der Waals surface area contributed by atoms with Gasteiger partial charge in [0.15, 0.2) is 12.2 Å². The molecular weight excluding hydrogens is 256 g/mol. The average molecular weight is 276 g/mol. The van der Waals surface area contributed by atoms with Crippen molar-refractivity contribution < 1.29 is 33.3 Å². The van der Waals surface area contributed by atoms with E-state index in [-0.39, 0.29) is 26.1 Å². The van der Waals surface area contributed by atoms with Crippen LogP contribution in [0.4, 0.5) is 0 Å². The van der Waals surface area contributed by atoms with Gasteiger partial charge in [-0.3, -0.25) is 9.59 Å². The van der Waals surface area contributed by atoms with Crippen molar-refractivity contribution in [3.8, 4) is 0 Å². The number of ether oxygens (including phenoxy) is 5. The molecule has 0 radical (unpaired) electrons. The van der Waals surface area contributed by atoms with Crippen molar-refractivity contribution in [3.63, 3.8) is 0 Å². The second-order valence-electron chi connectivity index (χ2n) is 4.08. The number of esters is 2. The Bertz CT molecular complexity index is 264. The van der Waals surface area contributed by atoms with Crippen LogP contribution in [0.2, 0.25) is 0 Å². The van der Waals surface area contributed by atoms with Gasteiger partial charge >= 0.3 is 11.9 Å². The zero-order valence-electron chi connectivity index (χ0n) is 11.3. The SMILES string of the molecule is COCCC(=O)OC1COCC1OC(=O)CCOC. The topological polar surface area (TPSA) is 80.3 Å². The van der Waals surface area contributed by atoms with Gasteiger partial charge in [0.1, 0.15) is 0 Å². The average Bonchev–Trinajstić information content (AvgIpc) is 2.81. The Morgan fingerprint density at radius 1 is 0.947 bits per heavy atom. The first-order valence-corrected chi connectivity index (χ1v) is 6.12. The van der Waals surface area contributed by atoms with Gasteiger partial charge in [0.2, 0.25) is 0 Å². The van der Waals surface area contributed by atoms with E-state index in [1.54, 1.807) is 0 Å². The Kier molecular flexibility index (Phi) is 7.39. The molecule has 7 heteroatoms. The van der Waals surface area contributed by atoms with Gasteiger partial charge in [-0.25, -0.2) is 0 Å². The summed E-state index contributed by atoms with van der Waals surface area (Å²) in [5, 5.41) is 0. The molecule has 1 fully saturated rings. The summed E-state index contributed by atoms with van der Waals surface area (Å²) in [5.74, 6) is -0.786. The monoisotopic (exact) mass is 276 g/mol. The number of rotatable bonds is 8. The van der Waals surface area contributed by atoms with Crippen LogP contribution in [0.15, 0.2) is 0 Å². The smallest absolute Gasteiger partial charge is 0.308 e. The van der Waals surface area contributed by atoms with Crippen molar-refractivity contribution in [1.82, 2.24) is 0 Å². The molecule has 0 aromatic heterocycles. The first-order chi connectivity index (χ1) is 9.17. The fraction of sp³-hybridized carbons (Fsp3) is 0.833. The van der Waals surface area contributed by atoms with Crippen LogP contribution in [-0.2, 0) is 33.3 Å². The molecule has 1 aliphatic rings. The van der Waals surface area contributed by atoms with Gasteiger partial charge in [0, 0.05) is 14.2 Å². The third kappa shape index (κ3) is 6.00. The first kappa shape index (κ1) is 15.9. The molecule has 1 rings (SSSR count). The molecule has 0 N–H and O–H groups in total. The fourth-order valence-electron chi connectivity index (χ4n) is 1.56. The molecule has 1 heterocycles. The van der Waals surface area contributed by atoms with Crippen molar-refractivity contribution in [2.24, 2.45) is 0 Å². The Morgan fingerprint density at radius 3 is 1.74 bits per heavy atom. The lowest BCUT2D eigenvalue weighted by molar-refractivity contribution is -0.164. The first-order valence-electron chi connectivity index (χ1n) is 6.12. The van der Waals surface area contributed by atoms with Crippen molar-refractivity contribution in [1.29, 1.82) is 0 Å². The molecule has 110 valence electrons. The Hall–Kier alpha value is -1.18. The van der Waals surface area contributed by atoms with Gasteiger partial charge < -0.3 is 23.7 Å². The van der Waals surface area contributed by atoms with Gasteiger partial charge in [0.25, 0.3) is 0 Å². The highest BCUT2D eigenvalue weighted by molar-refractivity contribution is 5.70. The van der Waals surface area contributed by atoms with Gasteiger partial charge in [-0.1, -0.05) is 0 Å². The summed E-state index contributed by atoms with van der Waals surface area (Å²) >= 11 is 0. The fourth-order valence-corrected chi connectivity index (χ4v) is 1.56. The molecule has 0 amide bonds. The van der Waals surface area contributed by atoms with E-state index in [1.807, 2.05) is 0 Å². The van der Waals surface area contributed by atoms with Crippen molar-refractivity contribution >= 4 is 11.9 Å². The number of carbonyl (C=O) groups is 2. The van der Waals surface area contributed by atoms with Crippen LogP contribution in [0.3, 0.4) is 0 Å². The molecule has 2 unspecified atom stereocenters. The molecule has 0 spiro atoms. The lowest BCUT2D eigenvalue weighted by Crippen LogP contribution is -2.34. The van der Waals surface area contributed by atoms with Crippen LogP contribution < -0.4 is 0 Å². The van der Waals surface area contributed by atoms with E-state index in [2.05, 4.69) is 0 Å². The van der Waals surface area contributed by atoms with E-state index in [9.17, 15) is 9.59 Å². The third-order valence-electron chi connectivity index (χ3n) is 2.57. The summed E-state index contributed by atoms with van der Waals surface area (Å²) in [6, 6.07) is 0. The predicted octanol–water partition coefficient (Wildman–Crippen LogP) is -0.0868. The molecule has 19 heavy (non-hydrogen) atoms. The normalized spacial score (nSPS) is 22.2. The zero-order chi connectivity index (χ0) is 14.1. The minimum atomic E-state index is -0.546. The van der Waals surface area contributed by atoms with Crippen LogP contribution in [-0.4, -0.2) is 64.8 Å². The summed E-state index contributed by atoms with van der Waals surface area (Å²) in [4.78, 5) is 22.9. The van der Waals surface area contributed by atoms with Gasteiger partial charge in [-0.2, -0.15) is 0 Å². The van der Waals surface area contributed by atoms with Gasteiger partial charge in [-0.05, 0) is 0 Å². The second-order valence-corrected chi connectivity index (χ2v) is 4.08. The van der Waals surface area contributed by atoms with E-state index in [4.69, 9.17) is 23.7 Å². The number of hydrogen-bond acceptors (Lipinski definition) is 7. The Balaban J connectivity index is 2.32. The number of hydrogen-bond donors (Lipinski definition) is 0. The molecule has 0 aromatic carbocycles. The molecule has 0 saturated carbocycles. The molecule has 0 aliphatic carbocycles. The zero-order valence-corrected chi connectivity index (χ0v) is 11.3. The van der Waals surface area contributed by atoms with E-state index in [0.29, 0.717) is 13.2 Å².